The first-order chi connectivity index (χ1) is 9.50. The third kappa shape index (κ3) is 2.64. The number of hydrogen-bond donors (Lipinski definition) is 0. The minimum absolute atomic E-state index is 0.102. The maximum absolute atomic E-state index is 12.8. The van der Waals surface area contributed by atoms with Crippen molar-refractivity contribution in [1.29, 1.82) is 0 Å². The molecule has 1 aromatic rings. The summed E-state index contributed by atoms with van der Waals surface area (Å²) in [6.45, 7) is 3.66. The summed E-state index contributed by atoms with van der Waals surface area (Å²) in [6.07, 6.45) is 1.96. The van der Waals surface area contributed by atoms with E-state index in [2.05, 4.69) is 0 Å². The van der Waals surface area contributed by atoms with Gasteiger partial charge in [0, 0.05) is 24.7 Å². The molecule has 0 N–H and O–H groups in total. The van der Waals surface area contributed by atoms with Crippen LogP contribution in [0.5, 0.6) is 0 Å². The van der Waals surface area contributed by atoms with Gasteiger partial charge in [0.15, 0.2) is 0 Å². The number of benzene rings is 1. The molecule has 1 heterocycles. The Morgan fingerprint density at radius 2 is 2.15 bits per heavy atom. The molecule has 2 fully saturated rings. The largest absolute Gasteiger partial charge is 0.312 e. The third-order valence-electron chi connectivity index (χ3n) is 3.70. The van der Waals surface area contributed by atoms with Gasteiger partial charge in [0.05, 0.1) is 17.2 Å². The summed E-state index contributed by atoms with van der Waals surface area (Å²) in [4.78, 5) is 10.4. The second-order valence-corrected chi connectivity index (χ2v) is 8.08. The Morgan fingerprint density at radius 3 is 2.65 bits per heavy atom. The SMILES string of the molecule is Cc1cc(COP(=O)(C2CC2)N2CC2)ccc1[N+](=O)[O-]. The van der Waals surface area contributed by atoms with Crippen LogP contribution in [0.25, 0.3) is 0 Å². The van der Waals surface area contributed by atoms with E-state index in [9.17, 15) is 14.7 Å². The molecule has 1 unspecified atom stereocenters. The summed E-state index contributed by atoms with van der Waals surface area (Å²) >= 11 is 0. The summed E-state index contributed by atoms with van der Waals surface area (Å²) < 4.78 is 20.4. The molecule has 1 saturated carbocycles. The average molecular weight is 296 g/mol. The lowest BCUT2D eigenvalue weighted by Gasteiger charge is -2.18. The Hall–Kier alpha value is -1.23. The number of nitrogens with zero attached hydrogens (tertiary/aromatic N) is 2. The topological polar surface area (TPSA) is 72.5 Å². The first kappa shape index (κ1) is 13.7. The van der Waals surface area contributed by atoms with Gasteiger partial charge in [-0.1, -0.05) is 0 Å². The summed E-state index contributed by atoms with van der Waals surface area (Å²) in [7, 11) is -2.65. The van der Waals surface area contributed by atoms with Gasteiger partial charge in [-0.2, -0.15) is 0 Å². The predicted octanol–water partition coefficient (Wildman–Crippen LogP) is 3.09. The number of nitro groups is 1. The van der Waals surface area contributed by atoms with Crippen LogP contribution in [0.3, 0.4) is 0 Å². The summed E-state index contributed by atoms with van der Waals surface area (Å²) in [6, 6.07) is 4.88. The average Bonchev–Trinajstić information content (AvgIpc) is 3.28. The van der Waals surface area contributed by atoms with Crippen LogP contribution in [0.4, 0.5) is 5.69 Å². The number of aryl methyl sites for hydroxylation is 1. The number of nitro benzene ring substituents is 1. The van der Waals surface area contributed by atoms with E-state index < -0.39 is 12.4 Å². The van der Waals surface area contributed by atoms with Crippen LogP contribution in [0, 0.1) is 17.0 Å². The molecule has 1 aromatic carbocycles. The fraction of sp³-hybridized carbons (Fsp3) is 0.538. The van der Waals surface area contributed by atoms with Crippen molar-refractivity contribution in [3.63, 3.8) is 0 Å². The Labute approximate surface area is 117 Å². The van der Waals surface area contributed by atoms with Gasteiger partial charge in [-0.25, -0.2) is 4.67 Å². The van der Waals surface area contributed by atoms with Gasteiger partial charge in [0.25, 0.3) is 13.2 Å². The van der Waals surface area contributed by atoms with Crippen LogP contribution in [0.1, 0.15) is 24.0 Å². The zero-order valence-corrected chi connectivity index (χ0v) is 12.2. The molecule has 1 atom stereocenters. The van der Waals surface area contributed by atoms with Crippen molar-refractivity contribution in [3.8, 4) is 0 Å². The second kappa shape index (κ2) is 4.95. The lowest BCUT2D eigenvalue weighted by molar-refractivity contribution is -0.385. The van der Waals surface area contributed by atoms with E-state index in [-0.39, 0.29) is 18.0 Å². The smallest absolute Gasteiger partial charge is 0.275 e. The fourth-order valence-electron chi connectivity index (χ4n) is 2.32. The lowest BCUT2D eigenvalue weighted by Crippen LogP contribution is -2.05. The summed E-state index contributed by atoms with van der Waals surface area (Å²) in [5, 5.41) is 10.8. The zero-order chi connectivity index (χ0) is 14.3. The number of hydrogen-bond acceptors (Lipinski definition) is 4. The van der Waals surface area contributed by atoms with Crippen molar-refractivity contribution in [2.45, 2.75) is 32.0 Å². The number of rotatable bonds is 6. The van der Waals surface area contributed by atoms with Crippen molar-refractivity contribution in [2.24, 2.45) is 0 Å². The van der Waals surface area contributed by atoms with Crippen LogP contribution in [-0.2, 0) is 15.7 Å². The quantitative estimate of drug-likeness (QED) is 0.349. The van der Waals surface area contributed by atoms with Gasteiger partial charge < -0.3 is 4.52 Å². The first-order valence-corrected chi connectivity index (χ1v) is 8.39. The predicted molar refractivity (Wildman–Crippen MR) is 74.8 cm³/mol. The monoisotopic (exact) mass is 296 g/mol. The van der Waals surface area contributed by atoms with Crippen LogP contribution < -0.4 is 0 Å². The van der Waals surface area contributed by atoms with Crippen molar-refractivity contribution in [1.82, 2.24) is 4.67 Å². The molecule has 1 saturated heterocycles. The van der Waals surface area contributed by atoms with Crippen molar-refractivity contribution >= 4 is 13.2 Å². The Kier molecular flexibility index (Phi) is 3.40. The molecular weight excluding hydrogens is 279 g/mol. The second-order valence-electron chi connectivity index (χ2n) is 5.40. The molecule has 2 aliphatic rings. The Balaban J connectivity index is 1.70. The minimum atomic E-state index is -2.65. The summed E-state index contributed by atoms with van der Waals surface area (Å²) in [5.41, 5.74) is 1.73. The third-order valence-corrected chi connectivity index (χ3v) is 6.83. The van der Waals surface area contributed by atoms with Crippen molar-refractivity contribution < 1.29 is 14.0 Å². The molecule has 1 aliphatic carbocycles. The molecule has 0 radical (unpaired) electrons. The van der Waals surface area contributed by atoms with Crippen LogP contribution >= 0.6 is 7.52 Å². The highest BCUT2D eigenvalue weighted by Crippen LogP contribution is 2.66. The highest BCUT2D eigenvalue weighted by Gasteiger charge is 2.50. The maximum Gasteiger partial charge on any atom is 0.275 e. The van der Waals surface area contributed by atoms with Gasteiger partial charge in [-0.05, 0) is 37.5 Å². The molecule has 0 aromatic heterocycles. The molecule has 7 heteroatoms. The molecule has 0 spiro atoms. The highest BCUT2D eigenvalue weighted by molar-refractivity contribution is 7.57. The van der Waals surface area contributed by atoms with E-state index in [1.807, 2.05) is 4.67 Å². The minimum Gasteiger partial charge on any atom is -0.312 e. The summed E-state index contributed by atoms with van der Waals surface area (Å²) in [5.74, 6) is 0. The lowest BCUT2D eigenvalue weighted by atomic mass is 10.1. The molecule has 0 bridgehead atoms. The molecule has 20 heavy (non-hydrogen) atoms. The fourth-order valence-corrected chi connectivity index (χ4v) is 4.94. The van der Waals surface area contributed by atoms with E-state index in [0.29, 0.717) is 5.56 Å². The molecule has 0 amide bonds. The molecule has 108 valence electrons. The van der Waals surface area contributed by atoms with Crippen LogP contribution in [-0.4, -0.2) is 28.3 Å². The van der Waals surface area contributed by atoms with Crippen molar-refractivity contribution in [2.75, 3.05) is 13.1 Å². The van der Waals surface area contributed by atoms with Gasteiger partial charge in [-0.15, -0.1) is 0 Å². The van der Waals surface area contributed by atoms with Crippen LogP contribution in [0.15, 0.2) is 18.2 Å². The van der Waals surface area contributed by atoms with Crippen molar-refractivity contribution in [3.05, 3.63) is 39.4 Å². The van der Waals surface area contributed by atoms with E-state index in [1.165, 1.54) is 6.07 Å². The molecule has 1 aliphatic heterocycles. The normalized spacial score (nSPS) is 21.4. The zero-order valence-electron chi connectivity index (χ0n) is 11.3. The Bertz CT molecular complexity index is 580. The van der Waals surface area contributed by atoms with E-state index >= 15 is 0 Å². The Morgan fingerprint density at radius 1 is 1.45 bits per heavy atom. The van der Waals surface area contributed by atoms with Gasteiger partial charge in [0.1, 0.15) is 0 Å². The van der Waals surface area contributed by atoms with Gasteiger partial charge in [0.2, 0.25) is 0 Å². The molecule has 6 nitrogen and oxygen atoms in total. The van der Waals surface area contributed by atoms with E-state index in [0.717, 1.165) is 31.5 Å². The van der Waals surface area contributed by atoms with E-state index in [1.54, 1.807) is 19.1 Å². The maximum atomic E-state index is 12.8. The highest BCUT2D eigenvalue weighted by atomic mass is 31.2. The first-order valence-electron chi connectivity index (χ1n) is 6.74. The van der Waals surface area contributed by atoms with Crippen LogP contribution in [0.2, 0.25) is 0 Å². The van der Waals surface area contributed by atoms with E-state index in [4.69, 9.17) is 4.52 Å². The standard InChI is InChI=1S/C13H17N2O4P/c1-10-8-11(2-5-13(10)15(16)17)9-19-20(18,12-3-4-12)14-6-7-14/h2,5,8,12H,3-4,6-7,9H2,1H3. The van der Waals surface area contributed by atoms with Gasteiger partial charge in [-0.3, -0.25) is 14.7 Å². The molecule has 3 rings (SSSR count). The van der Waals surface area contributed by atoms with Gasteiger partial charge >= 0.3 is 0 Å². The molecular formula is C13H17N2O4P.